The number of nitrogens with one attached hydrogen (secondary N) is 1. The fraction of sp³-hybridized carbons (Fsp3) is 0.611. The minimum absolute atomic E-state index is 0.376. The van der Waals surface area contributed by atoms with Crippen molar-refractivity contribution in [1.29, 1.82) is 0 Å². The Kier molecular flexibility index (Phi) is 7.72. The lowest BCUT2D eigenvalue weighted by atomic mass is 10.2. The zero-order chi connectivity index (χ0) is 17.3. The molecule has 0 bridgehead atoms. The maximum atomic E-state index is 11.7. The van der Waals surface area contributed by atoms with Crippen LogP contribution in [-0.2, 0) is 11.3 Å². The van der Waals surface area contributed by atoms with Crippen LogP contribution in [0.1, 0.15) is 58.9 Å². The Balaban J connectivity index is 2.48. The molecule has 1 rings (SSSR count). The minimum Gasteiger partial charge on any atom is -0.491 e. The van der Waals surface area contributed by atoms with Gasteiger partial charge in [0.05, 0.1) is 12.3 Å². The highest BCUT2D eigenvalue weighted by Crippen LogP contribution is 2.23. The highest BCUT2D eigenvalue weighted by molar-refractivity contribution is 5.67. The number of unbranched alkanes of at least 4 members (excludes halogenated alkanes) is 3. The van der Waals surface area contributed by atoms with Gasteiger partial charge in [-0.3, -0.25) is 0 Å². The van der Waals surface area contributed by atoms with Gasteiger partial charge in [0.15, 0.2) is 0 Å². The van der Waals surface area contributed by atoms with Gasteiger partial charge in [0.2, 0.25) is 0 Å². The van der Waals surface area contributed by atoms with Crippen molar-refractivity contribution in [3.8, 4) is 5.75 Å². The summed E-state index contributed by atoms with van der Waals surface area (Å²) in [5, 5.41) is 2.73. The van der Waals surface area contributed by atoms with Crippen LogP contribution in [0.5, 0.6) is 5.75 Å². The Morgan fingerprint density at radius 1 is 1.22 bits per heavy atom. The molecule has 3 N–H and O–H groups in total. The van der Waals surface area contributed by atoms with Crippen LogP contribution in [0.3, 0.4) is 0 Å². The average Bonchev–Trinajstić information content (AvgIpc) is 2.45. The summed E-state index contributed by atoms with van der Waals surface area (Å²) < 4.78 is 11.0. The highest BCUT2D eigenvalue weighted by Gasteiger charge is 2.15. The molecule has 0 fully saturated rings. The van der Waals surface area contributed by atoms with E-state index in [-0.39, 0.29) is 0 Å². The Morgan fingerprint density at radius 2 is 1.96 bits per heavy atom. The van der Waals surface area contributed by atoms with E-state index in [2.05, 4.69) is 12.2 Å². The zero-order valence-electron chi connectivity index (χ0n) is 14.8. The molecule has 0 saturated heterocycles. The molecule has 0 aromatic heterocycles. The quantitative estimate of drug-likeness (QED) is 0.554. The van der Waals surface area contributed by atoms with Crippen LogP contribution in [-0.4, -0.2) is 18.3 Å². The monoisotopic (exact) mass is 322 g/mol. The second-order valence-corrected chi connectivity index (χ2v) is 6.64. The lowest BCUT2D eigenvalue weighted by molar-refractivity contribution is 0.0523. The number of amides is 1. The molecule has 1 aromatic carbocycles. The summed E-state index contributed by atoms with van der Waals surface area (Å²) in [5.74, 6) is 0.671. The normalized spacial score (nSPS) is 11.1. The predicted octanol–water partition coefficient (Wildman–Crippen LogP) is 4.25. The summed E-state index contributed by atoms with van der Waals surface area (Å²) in [6.45, 7) is 8.72. The van der Waals surface area contributed by atoms with Gasteiger partial charge in [-0.25, -0.2) is 4.79 Å². The number of carbonyl (C=O) groups is 1. The first-order valence-corrected chi connectivity index (χ1v) is 8.30. The molecule has 0 radical (unpaired) electrons. The van der Waals surface area contributed by atoms with Crippen molar-refractivity contribution >= 4 is 11.8 Å². The number of carbonyl (C=O) groups excluding carboxylic acids is 1. The number of rotatable bonds is 8. The van der Waals surface area contributed by atoms with Crippen LogP contribution < -0.4 is 15.8 Å². The predicted molar refractivity (Wildman–Crippen MR) is 93.6 cm³/mol. The standard InChI is InChI=1S/C18H30N2O3/c1-5-6-7-8-11-22-16-12-14(9-10-15(16)19)13-20-17(21)23-18(2,3)4/h9-10,12H,5-8,11,13,19H2,1-4H3,(H,20,21). The number of alkyl carbamates (subject to hydrolysis) is 1. The smallest absolute Gasteiger partial charge is 0.407 e. The van der Waals surface area contributed by atoms with Crippen molar-refractivity contribution in [3.63, 3.8) is 0 Å². The molecule has 130 valence electrons. The molecule has 0 heterocycles. The topological polar surface area (TPSA) is 73.6 Å². The molecule has 0 spiro atoms. The molecule has 0 unspecified atom stereocenters. The van der Waals surface area contributed by atoms with Crippen molar-refractivity contribution in [3.05, 3.63) is 23.8 Å². The lowest BCUT2D eigenvalue weighted by Crippen LogP contribution is -2.32. The fourth-order valence-electron chi connectivity index (χ4n) is 2.01. The van der Waals surface area contributed by atoms with E-state index >= 15 is 0 Å². The summed E-state index contributed by atoms with van der Waals surface area (Å²) in [4.78, 5) is 11.7. The van der Waals surface area contributed by atoms with Crippen LogP contribution in [0.25, 0.3) is 0 Å². The van der Waals surface area contributed by atoms with E-state index in [1.807, 2.05) is 32.9 Å². The van der Waals surface area contributed by atoms with Crippen molar-refractivity contribution in [1.82, 2.24) is 5.32 Å². The molecule has 0 aliphatic carbocycles. The van der Waals surface area contributed by atoms with Crippen molar-refractivity contribution in [2.24, 2.45) is 0 Å². The number of nitrogens with two attached hydrogens (primary N) is 1. The first-order chi connectivity index (χ1) is 10.8. The number of ether oxygens (including phenoxy) is 2. The van der Waals surface area contributed by atoms with E-state index < -0.39 is 11.7 Å². The van der Waals surface area contributed by atoms with Gasteiger partial charge < -0.3 is 20.5 Å². The molecule has 0 aliphatic heterocycles. The third kappa shape index (κ3) is 8.33. The van der Waals surface area contributed by atoms with Gasteiger partial charge in [0, 0.05) is 6.54 Å². The molecular formula is C18H30N2O3. The summed E-state index contributed by atoms with van der Waals surface area (Å²) in [7, 11) is 0. The number of hydrogen-bond acceptors (Lipinski definition) is 4. The third-order valence-electron chi connectivity index (χ3n) is 3.17. The van der Waals surface area contributed by atoms with Gasteiger partial charge in [-0.1, -0.05) is 32.3 Å². The van der Waals surface area contributed by atoms with Crippen LogP contribution in [0.2, 0.25) is 0 Å². The maximum Gasteiger partial charge on any atom is 0.407 e. The van der Waals surface area contributed by atoms with Gasteiger partial charge in [-0.05, 0) is 44.9 Å². The van der Waals surface area contributed by atoms with E-state index in [1.54, 1.807) is 6.07 Å². The number of anilines is 1. The van der Waals surface area contributed by atoms with E-state index in [1.165, 1.54) is 12.8 Å². The number of nitrogen functional groups attached to an aromatic ring is 1. The van der Waals surface area contributed by atoms with Crippen molar-refractivity contribution in [2.45, 2.75) is 65.5 Å². The molecule has 1 amide bonds. The molecule has 23 heavy (non-hydrogen) atoms. The molecule has 5 nitrogen and oxygen atoms in total. The van der Waals surface area contributed by atoms with Crippen LogP contribution in [0, 0.1) is 0 Å². The first-order valence-electron chi connectivity index (χ1n) is 8.30. The van der Waals surface area contributed by atoms with Crippen LogP contribution >= 0.6 is 0 Å². The van der Waals surface area contributed by atoms with Crippen LogP contribution in [0.15, 0.2) is 18.2 Å². The molecule has 0 atom stereocenters. The molecule has 0 aliphatic rings. The largest absolute Gasteiger partial charge is 0.491 e. The lowest BCUT2D eigenvalue weighted by Gasteiger charge is -2.19. The van der Waals surface area contributed by atoms with E-state index in [0.29, 0.717) is 24.6 Å². The maximum absolute atomic E-state index is 11.7. The highest BCUT2D eigenvalue weighted by atomic mass is 16.6. The Labute approximate surface area is 139 Å². The Morgan fingerprint density at radius 3 is 2.61 bits per heavy atom. The minimum atomic E-state index is -0.502. The van der Waals surface area contributed by atoms with E-state index in [4.69, 9.17) is 15.2 Å². The molecule has 0 saturated carbocycles. The second kappa shape index (κ2) is 9.28. The number of benzene rings is 1. The van der Waals surface area contributed by atoms with E-state index in [0.717, 1.165) is 18.4 Å². The summed E-state index contributed by atoms with van der Waals surface area (Å²) in [5.41, 5.74) is 6.97. The molecule has 1 aromatic rings. The van der Waals surface area contributed by atoms with Gasteiger partial charge in [-0.15, -0.1) is 0 Å². The Hall–Kier alpha value is -1.91. The van der Waals surface area contributed by atoms with E-state index in [9.17, 15) is 4.79 Å². The average molecular weight is 322 g/mol. The van der Waals surface area contributed by atoms with Gasteiger partial charge in [0.25, 0.3) is 0 Å². The zero-order valence-corrected chi connectivity index (χ0v) is 14.8. The van der Waals surface area contributed by atoms with Gasteiger partial charge in [0.1, 0.15) is 11.4 Å². The first kappa shape index (κ1) is 19.1. The summed E-state index contributed by atoms with van der Waals surface area (Å²) in [6, 6.07) is 5.54. The SMILES string of the molecule is CCCCCCOc1cc(CNC(=O)OC(C)(C)C)ccc1N. The Bertz CT molecular complexity index is 496. The van der Waals surface area contributed by atoms with Crippen molar-refractivity contribution < 1.29 is 14.3 Å². The molecule has 5 heteroatoms. The van der Waals surface area contributed by atoms with Gasteiger partial charge in [-0.2, -0.15) is 0 Å². The summed E-state index contributed by atoms with van der Waals surface area (Å²) in [6.07, 6.45) is 4.17. The fourth-order valence-corrected chi connectivity index (χ4v) is 2.01. The van der Waals surface area contributed by atoms with Crippen molar-refractivity contribution in [2.75, 3.05) is 12.3 Å². The third-order valence-corrected chi connectivity index (χ3v) is 3.17. The van der Waals surface area contributed by atoms with Crippen LogP contribution in [0.4, 0.5) is 10.5 Å². The number of hydrogen-bond donors (Lipinski definition) is 2. The van der Waals surface area contributed by atoms with Gasteiger partial charge >= 0.3 is 6.09 Å². The second-order valence-electron chi connectivity index (χ2n) is 6.64. The summed E-state index contributed by atoms with van der Waals surface area (Å²) >= 11 is 0. The molecular weight excluding hydrogens is 292 g/mol.